The molecule has 2 aliphatic rings. The third-order valence-corrected chi connectivity index (χ3v) is 5.54. The summed E-state index contributed by atoms with van der Waals surface area (Å²) in [5.41, 5.74) is 9.59. The molecule has 3 N–H and O–H groups in total. The third-order valence-electron chi connectivity index (χ3n) is 4.82. The number of aromatic amines is 1. The van der Waals surface area contributed by atoms with Gasteiger partial charge in [-0.25, -0.2) is 0 Å². The Morgan fingerprint density at radius 1 is 1.18 bits per heavy atom. The van der Waals surface area contributed by atoms with Gasteiger partial charge in [0.1, 0.15) is 11.6 Å². The molecule has 0 aliphatic carbocycles. The van der Waals surface area contributed by atoms with E-state index < -0.39 is 5.92 Å². The summed E-state index contributed by atoms with van der Waals surface area (Å²) >= 11 is 3.59. The lowest BCUT2D eigenvalue weighted by Crippen LogP contribution is -2.21. The molecule has 8 heteroatoms. The normalized spacial score (nSPS) is 17.1. The summed E-state index contributed by atoms with van der Waals surface area (Å²) in [6.45, 7) is 0.195. The number of halogens is 1. The molecule has 2 aromatic carbocycles. The number of nitrogens with zero attached hydrogens (tertiary/aromatic N) is 2. The van der Waals surface area contributed by atoms with E-state index in [1.54, 1.807) is 0 Å². The number of nitrogens with two attached hydrogens (primary N) is 1. The van der Waals surface area contributed by atoms with E-state index in [1.807, 2.05) is 42.5 Å². The van der Waals surface area contributed by atoms with E-state index >= 15 is 0 Å². The van der Waals surface area contributed by atoms with E-state index in [4.69, 9.17) is 19.9 Å². The van der Waals surface area contributed by atoms with E-state index in [2.05, 4.69) is 32.2 Å². The molecule has 0 fully saturated rings. The zero-order valence-corrected chi connectivity index (χ0v) is 16.0. The highest BCUT2D eigenvalue weighted by Crippen LogP contribution is 2.48. The van der Waals surface area contributed by atoms with Crippen molar-refractivity contribution in [3.05, 3.63) is 69.5 Å². The highest BCUT2D eigenvalue weighted by Gasteiger charge is 2.36. The average molecular weight is 437 g/mol. The van der Waals surface area contributed by atoms with Crippen molar-refractivity contribution in [1.29, 1.82) is 5.26 Å². The summed E-state index contributed by atoms with van der Waals surface area (Å²) in [6, 6.07) is 15.5. The molecule has 138 valence electrons. The number of nitrogens with one attached hydrogen (secondary N) is 1. The lowest BCUT2D eigenvalue weighted by molar-refractivity contribution is 0.174. The minimum Gasteiger partial charge on any atom is -0.454 e. The standard InChI is InChI=1S/C20H13BrN4O3/c21-13-4-2-1-3-11(13)16-12(8-22)19(23)28-20-17(16)18(24-25-20)10-5-6-14-15(7-10)27-9-26-14/h1-7,16H,9,23H2,(H,24,25)/t16-/m0/s1. The molecule has 1 atom stereocenters. The zero-order chi connectivity index (χ0) is 19.3. The predicted octanol–water partition coefficient (Wildman–Crippen LogP) is 3.79. The van der Waals surface area contributed by atoms with Crippen molar-refractivity contribution in [2.75, 3.05) is 6.79 Å². The van der Waals surface area contributed by atoms with Gasteiger partial charge >= 0.3 is 0 Å². The Morgan fingerprint density at radius 2 is 2.00 bits per heavy atom. The Hall–Kier alpha value is -3.44. The van der Waals surface area contributed by atoms with Crippen molar-refractivity contribution in [2.45, 2.75) is 5.92 Å². The molecular formula is C20H13BrN4O3. The smallest absolute Gasteiger partial charge is 0.244 e. The van der Waals surface area contributed by atoms with Crippen LogP contribution < -0.4 is 19.9 Å². The molecule has 7 nitrogen and oxygen atoms in total. The molecule has 5 rings (SSSR count). The first kappa shape index (κ1) is 16.7. The molecule has 0 radical (unpaired) electrons. The second-order valence-corrected chi connectivity index (χ2v) is 7.19. The van der Waals surface area contributed by atoms with Crippen LogP contribution in [-0.2, 0) is 0 Å². The van der Waals surface area contributed by atoms with Crippen molar-refractivity contribution in [3.8, 4) is 34.7 Å². The largest absolute Gasteiger partial charge is 0.454 e. The van der Waals surface area contributed by atoms with Gasteiger partial charge in [0.05, 0.1) is 17.2 Å². The van der Waals surface area contributed by atoms with Crippen LogP contribution >= 0.6 is 15.9 Å². The average Bonchev–Trinajstić information content (AvgIpc) is 3.33. The summed E-state index contributed by atoms with van der Waals surface area (Å²) in [6.07, 6.45) is 0. The van der Waals surface area contributed by atoms with Gasteiger partial charge in [0, 0.05) is 10.0 Å². The fourth-order valence-corrected chi connectivity index (χ4v) is 4.05. The number of fused-ring (bicyclic) bond motifs is 2. The first-order chi connectivity index (χ1) is 13.7. The monoisotopic (exact) mass is 436 g/mol. The lowest BCUT2D eigenvalue weighted by Gasteiger charge is -2.24. The van der Waals surface area contributed by atoms with Crippen LogP contribution in [0.5, 0.6) is 17.4 Å². The lowest BCUT2D eigenvalue weighted by atomic mass is 9.83. The van der Waals surface area contributed by atoms with Crippen LogP contribution in [0.15, 0.2) is 58.4 Å². The number of benzene rings is 2. The third kappa shape index (κ3) is 2.44. The highest BCUT2D eigenvalue weighted by molar-refractivity contribution is 9.10. The topological polar surface area (TPSA) is 106 Å². The van der Waals surface area contributed by atoms with Gasteiger partial charge in [-0.05, 0) is 29.8 Å². The minimum absolute atomic E-state index is 0.0551. The van der Waals surface area contributed by atoms with E-state index in [1.165, 1.54) is 0 Å². The molecule has 0 spiro atoms. The molecule has 0 saturated heterocycles. The van der Waals surface area contributed by atoms with Gasteiger partial charge in [0.15, 0.2) is 11.5 Å². The Bertz CT molecular complexity index is 1180. The molecular weight excluding hydrogens is 424 g/mol. The SMILES string of the molecule is N#CC1=C(N)Oc2n[nH]c(-c3ccc4c(c3)OCO4)c2[C@H]1c1ccccc1Br. The molecule has 0 amide bonds. The number of hydrogen-bond acceptors (Lipinski definition) is 6. The van der Waals surface area contributed by atoms with E-state index in [9.17, 15) is 5.26 Å². The van der Waals surface area contributed by atoms with Crippen LogP contribution in [0.1, 0.15) is 17.0 Å². The highest BCUT2D eigenvalue weighted by atomic mass is 79.9. The summed E-state index contributed by atoms with van der Waals surface area (Å²) in [4.78, 5) is 0. The van der Waals surface area contributed by atoms with Crippen molar-refractivity contribution >= 4 is 15.9 Å². The van der Waals surface area contributed by atoms with Crippen LogP contribution in [-0.4, -0.2) is 17.0 Å². The fourth-order valence-electron chi connectivity index (χ4n) is 3.54. The number of ether oxygens (including phenoxy) is 3. The van der Waals surface area contributed by atoms with Gasteiger partial charge in [-0.2, -0.15) is 5.26 Å². The van der Waals surface area contributed by atoms with Gasteiger partial charge in [-0.15, -0.1) is 5.10 Å². The van der Waals surface area contributed by atoms with Crippen LogP contribution in [0.3, 0.4) is 0 Å². The Morgan fingerprint density at radius 3 is 2.82 bits per heavy atom. The second kappa shape index (κ2) is 6.32. The summed E-state index contributed by atoms with van der Waals surface area (Å²) < 4.78 is 17.4. The maximum Gasteiger partial charge on any atom is 0.244 e. The maximum atomic E-state index is 9.79. The number of aromatic nitrogens is 2. The number of nitriles is 1. The van der Waals surface area contributed by atoms with Gasteiger partial charge in [0.25, 0.3) is 0 Å². The van der Waals surface area contributed by atoms with Gasteiger partial charge in [-0.3, -0.25) is 5.10 Å². The van der Waals surface area contributed by atoms with E-state index in [-0.39, 0.29) is 12.7 Å². The molecule has 0 saturated carbocycles. The quantitative estimate of drug-likeness (QED) is 0.632. The molecule has 0 unspecified atom stereocenters. The first-order valence-electron chi connectivity index (χ1n) is 8.47. The van der Waals surface area contributed by atoms with Crippen LogP contribution in [0.2, 0.25) is 0 Å². The van der Waals surface area contributed by atoms with Crippen molar-refractivity contribution in [2.24, 2.45) is 5.73 Å². The molecule has 3 aromatic rings. The van der Waals surface area contributed by atoms with Crippen LogP contribution in [0.4, 0.5) is 0 Å². The number of allylic oxidation sites excluding steroid dienone is 1. The number of H-pyrrole nitrogens is 1. The summed E-state index contributed by atoms with van der Waals surface area (Å²) in [7, 11) is 0. The van der Waals surface area contributed by atoms with Crippen molar-refractivity contribution in [3.63, 3.8) is 0 Å². The van der Waals surface area contributed by atoms with E-state index in [0.717, 1.165) is 26.9 Å². The molecule has 2 aliphatic heterocycles. The molecule has 0 bridgehead atoms. The Balaban J connectivity index is 1.73. The number of rotatable bonds is 2. The maximum absolute atomic E-state index is 9.79. The summed E-state index contributed by atoms with van der Waals surface area (Å²) in [5, 5.41) is 17.1. The molecule has 1 aromatic heterocycles. The van der Waals surface area contributed by atoms with Gasteiger partial charge < -0.3 is 19.9 Å². The Labute approximate surface area is 168 Å². The van der Waals surface area contributed by atoms with Crippen LogP contribution in [0.25, 0.3) is 11.3 Å². The van der Waals surface area contributed by atoms with Crippen molar-refractivity contribution in [1.82, 2.24) is 10.2 Å². The van der Waals surface area contributed by atoms with Gasteiger partial charge in [-0.1, -0.05) is 34.1 Å². The second-order valence-electron chi connectivity index (χ2n) is 6.33. The Kier molecular flexibility index (Phi) is 3.77. The molecule has 3 heterocycles. The number of hydrogen-bond donors (Lipinski definition) is 2. The molecule has 28 heavy (non-hydrogen) atoms. The predicted molar refractivity (Wildman–Crippen MR) is 104 cm³/mol. The van der Waals surface area contributed by atoms with Gasteiger partial charge in [0.2, 0.25) is 18.6 Å². The minimum atomic E-state index is -0.427. The zero-order valence-electron chi connectivity index (χ0n) is 14.4. The van der Waals surface area contributed by atoms with E-state index in [0.29, 0.717) is 23.0 Å². The fraction of sp³-hybridized carbons (Fsp3) is 0.100. The first-order valence-corrected chi connectivity index (χ1v) is 9.27. The van der Waals surface area contributed by atoms with Crippen molar-refractivity contribution < 1.29 is 14.2 Å². The van der Waals surface area contributed by atoms with Crippen LogP contribution in [0, 0.1) is 11.3 Å². The summed E-state index contributed by atoms with van der Waals surface area (Å²) in [5.74, 6) is 1.33.